The Morgan fingerprint density at radius 1 is 1.56 bits per heavy atom. The van der Waals surface area contributed by atoms with Crippen LogP contribution in [0.2, 0.25) is 4.47 Å². The van der Waals surface area contributed by atoms with Crippen LogP contribution in [-0.4, -0.2) is 28.2 Å². The molecule has 0 spiro atoms. The molecule has 1 unspecified atom stereocenters. The van der Waals surface area contributed by atoms with Gasteiger partial charge in [-0.05, 0) is 6.92 Å². The first-order valence-corrected chi connectivity index (χ1v) is 7.55. The van der Waals surface area contributed by atoms with Gasteiger partial charge in [0, 0.05) is 7.05 Å². The summed E-state index contributed by atoms with van der Waals surface area (Å²) in [4.78, 5) is 3.70. The summed E-state index contributed by atoms with van der Waals surface area (Å²) in [7, 11) is -1.90. The predicted octanol–water partition coefficient (Wildman–Crippen LogP) is 0.964. The van der Waals surface area contributed by atoms with Gasteiger partial charge in [-0.25, -0.2) is 13.4 Å². The summed E-state index contributed by atoms with van der Waals surface area (Å²) in [5.41, 5.74) is 0. The Hall–Kier alpha value is -1.03. The van der Waals surface area contributed by atoms with Gasteiger partial charge in [0.25, 0.3) is 10.0 Å². The number of nitrogens with zero attached hydrogens (tertiary/aromatic N) is 4. The normalized spacial score (nSPS) is 13.7. The molecule has 0 fully saturated rings. The lowest BCUT2D eigenvalue weighted by atomic mass is 10.3. The van der Waals surface area contributed by atoms with E-state index in [1.165, 1.54) is 12.5 Å². The first-order chi connectivity index (χ1) is 8.40. The number of hydrogen-bond donors (Lipinski definition) is 1. The van der Waals surface area contributed by atoms with Crippen LogP contribution in [0.25, 0.3) is 0 Å². The molecule has 0 aliphatic rings. The van der Waals surface area contributed by atoms with E-state index in [0.29, 0.717) is 5.82 Å². The summed E-state index contributed by atoms with van der Waals surface area (Å²) < 4.78 is 28.4. The fourth-order valence-corrected chi connectivity index (χ4v) is 3.90. The Kier molecular flexibility index (Phi) is 3.66. The van der Waals surface area contributed by atoms with Crippen LogP contribution in [0.15, 0.2) is 16.7 Å². The van der Waals surface area contributed by atoms with Crippen molar-refractivity contribution in [1.29, 1.82) is 0 Å². The second kappa shape index (κ2) is 4.92. The average molecular weight is 308 g/mol. The third-order valence-electron chi connectivity index (χ3n) is 2.19. The Morgan fingerprint density at radius 2 is 2.28 bits per heavy atom. The minimum atomic E-state index is -3.64. The van der Waals surface area contributed by atoms with E-state index in [0.717, 1.165) is 11.3 Å². The van der Waals surface area contributed by atoms with Gasteiger partial charge in [0.05, 0.1) is 12.2 Å². The lowest BCUT2D eigenvalue weighted by molar-refractivity contribution is 0.555. The molecule has 0 saturated heterocycles. The van der Waals surface area contributed by atoms with E-state index in [9.17, 15) is 8.42 Å². The van der Waals surface area contributed by atoms with Gasteiger partial charge in [0.2, 0.25) is 0 Å². The minimum Gasteiger partial charge on any atom is -0.319 e. The SMILES string of the molecule is CC(NS(=O)(=O)c1cnc(Cl)s1)c1nncn1C. The van der Waals surface area contributed by atoms with Gasteiger partial charge in [0.1, 0.15) is 12.2 Å². The summed E-state index contributed by atoms with van der Waals surface area (Å²) in [6, 6.07) is -0.497. The molecule has 0 aliphatic carbocycles. The predicted molar refractivity (Wildman–Crippen MR) is 66.9 cm³/mol. The third kappa shape index (κ3) is 2.69. The molecule has 10 heteroatoms. The molecule has 98 valence electrons. The maximum Gasteiger partial charge on any atom is 0.252 e. The molecule has 2 rings (SSSR count). The van der Waals surface area contributed by atoms with E-state index >= 15 is 0 Å². The molecule has 0 bridgehead atoms. The molecule has 2 aromatic heterocycles. The zero-order valence-corrected chi connectivity index (χ0v) is 11.9. The number of aromatic nitrogens is 4. The lowest BCUT2D eigenvalue weighted by Crippen LogP contribution is -2.28. The highest BCUT2D eigenvalue weighted by molar-refractivity contribution is 7.91. The van der Waals surface area contributed by atoms with E-state index < -0.39 is 16.1 Å². The van der Waals surface area contributed by atoms with Crippen molar-refractivity contribution in [1.82, 2.24) is 24.5 Å². The van der Waals surface area contributed by atoms with Gasteiger partial charge < -0.3 is 4.57 Å². The smallest absolute Gasteiger partial charge is 0.252 e. The highest BCUT2D eigenvalue weighted by Gasteiger charge is 2.23. The Labute approximate surface area is 113 Å². The number of thiazole rings is 1. The Balaban J connectivity index is 2.21. The van der Waals surface area contributed by atoms with Crippen molar-refractivity contribution in [3.05, 3.63) is 22.8 Å². The largest absolute Gasteiger partial charge is 0.319 e. The lowest BCUT2D eigenvalue weighted by Gasteiger charge is -2.11. The van der Waals surface area contributed by atoms with Crippen LogP contribution in [0.1, 0.15) is 18.8 Å². The van der Waals surface area contributed by atoms with Gasteiger partial charge in [-0.1, -0.05) is 22.9 Å². The highest BCUT2D eigenvalue weighted by Crippen LogP contribution is 2.23. The molecule has 0 radical (unpaired) electrons. The Morgan fingerprint density at radius 3 is 2.78 bits per heavy atom. The van der Waals surface area contributed by atoms with Gasteiger partial charge in [-0.15, -0.1) is 10.2 Å². The second-order valence-electron chi connectivity index (χ2n) is 3.58. The molecule has 7 nitrogen and oxygen atoms in total. The van der Waals surface area contributed by atoms with Crippen molar-refractivity contribution in [2.45, 2.75) is 17.2 Å². The summed E-state index contributed by atoms with van der Waals surface area (Å²) >= 11 is 6.52. The van der Waals surface area contributed by atoms with Crippen LogP contribution >= 0.6 is 22.9 Å². The van der Waals surface area contributed by atoms with Gasteiger partial charge in [-0.3, -0.25) is 0 Å². The van der Waals surface area contributed by atoms with Crippen LogP contribution in [-0.2, 0) is 17.1 Å². The first-order valence-electron chi connectivity index (χ1n) is 4.87. The zero-order valence-electron chi connectivity index (χ0n) is 9.53. The van der Waals surface area contributed by atoms with Crippen molar-refractivity contribution in [2.24, 2.45) is 7.05 Å². The molecule has 0 amide bonds. The number of hydrogen-bond acceptors (Lipinski definition) is 6. The molecule has 1 N–H and O–H groups in total. The van der Waals surface area contributed by atoms with E-state index in [1.807, 2.05) is 0 Å². The van der Waals surface area contributed by atoms with Crippen LogP contribution in [0.4, 0.5) is 0 Å². The monoisotopic (exact) mass is 307 g/mol. The van der Waals surface area contributed by atoms with E-state index in [-0.39, 0.29) is 8.68 Å². The molecule has 0 aliphatic heterocycles. The van der Waals surface area contributed by atoms with Gasteiger partial charge in [0.15, 0.2) is 8.68 Å². The standard InChI is InChI=1S/C8H10ClN5O2S2/c1-5(7-12-11-4-14(7)2)13-18(15,16)6-3-10-8(9)17-6/h3-5,13H,1-2H3. The maximum atomic E-state index is 12.0. The van der Waals surface area contributed by atoms with Crippen molar-refractivity contribution < 1.29 is 8.42 Å². The fraction of sp³-hybridized carbons (Fsp3) is 0.375. The van der Waals surface area contributed by atoms with Crippen molar-refractivity contribution >= 4 is 33.0 Å². The molecule has 0 aromatic carbocycles. The van der Waals surface area contributed by atoms with E-state index in [1.54, 1.807) is 18.5 Å². The summed E-state index contributed by atoms with van der Waals surface area (Å²) in [6.07, 6.45) is 2.72. The molecule has 1 atom stereocenters. The number of sulfonamides is 1. The zero-order chi connectivity index (χ0) is 13.3. The average Bonchev–Trinajstić information content (AvgIpc) is 2.86. The minimum absolute atomic E-state index is 0.0709. The molecule has 2 aromatic rings. The molecule has 2 heterocycles. The van der Waals surface area contributed by atoms with Crippen LogP contribution < -0.4 is 4.72 Å². The Bertz CT molecular complexity index is 650. The quantitative estimate of drug-likeness (QED) is 0.909. The maximum absolute atomic E-state index is 12.0. The number of aryl methyl sites for hydroxylation is 1. The molecule has 18 heavy (non-hydrogen) atoms. The van der Waals surface area contributed by atoms with Crippen LogP contribution in [0.3, 0.4) is 0 Å². The van der Waals surface area contributed by atoms with Crippen molar-refractivity contribution in [2.75, 3.05) is 0 Å². The number of rotatable bonds is 4. The van der Waals surface area contributed by atoms with E-state index in [4.69, 9.17) is 11.6 Å². The van der Waals surface area contributed by atoms with Gasteiger partial charge in [-0.2, -0.15) is 4.72 Å². The molecular weight excluding hydrogens is 298 g/mol. The van der Waals surface area contributed by atoms with Crippen molar-refractivity contribution in [3.63, 3.8) is 0 Å². The highest BCUT2D eigenvalue weighted by atomic mass is 35.5. The van der Waals surface area contributed by atoms with Crippen molar-refractivity contribution in [3.8, 4) is 0 Å². The molecular formula is C8H10ClN5O2S2. The number of halogens is 1. The van der Waals surface area contributed by atoms with E-state index in [2.05, 4.69) is 19.9 Å². The summed E-state index contributed by atoms with van der Waals surface area (Å²) in [5, 5.41) is 7.54. The first kappa shape index (κ1) is 13.4. The van der Waals surface area contributed by atoms with Crippen LogP contribution in [0, 0.1) is 0 Å². The third-order valence-corrected chi connectivity index (χ3v) is 5.30. The molecule has 0 saturated carbocycles. The van der Waals surface area contributed by atoms with Crippen LogP contribution in [0.5, 0.6) is 0 Å². The van der Waals surface area contributed by atoms with Gasteiger partial charge >= 0.3 is 0 Å². The second-order valence-corrected chi connectivity index (χ2v) is 7.13. The summed E-state index contributed by atoms with van der Waals surface area (Å²) in [6.45, 7) is 1.68. The topological polar surface area (TPSA) is 89.8 Å². The number of nitrogens with one attached hydrogen (secondary N) is 1. The summed E-state index contributed by atoms with van der Waals surface area (Å²) in [5.74, 6) is 0.522. The fourth-order valence-electron chi connectivity index (χ4n) is 1.39.